The maximum atomic E-state index is 12.7. The Labute approximate surface area is 124 Å². The van der Waals surface area contributed by atoms with Gasteiger partial charge in [0, 0.05) is 35.7 Å². The van der Waals surface area contributed by atoms with Crippen LogP contribution < -0.4 is 11.1 Å². The molecule has 116 valence electrons. The number of carbonyl (C=O) groups is 1. The molecule has 3 unspecified atom stereocenters. The van der Waals surface area contributed by atoms with Crippen LogP contribution in [0.4, 0.5) is 0 Å². The summed E-state index contributed by atoms with van der Waals surface area (Å²) in [6.07, 6.45) is 3.77. The van der Waals surface area contributed by atoms with E-state index in [0.29, 0.717) is 6.54 Å². The average Bonchev–Trinajstić information content (AvgIpc) is 2.89. The molecule has 2 fully saturated rings. The van der Waals surface area contributed by atoms with E-state index in [1.807, 2.05) is 20.8 Å². The van der Waals surface area contributed by atoms with Crippen molar-refractivity contribution in [1.29, 1.82) is 0 Å². The molecule has 1 saturated heterocycles. The minimum atomic E-state index is -0.851. The summed E-state index contributed by atoms with van der Waals surface area (Å²) in [5.41, 5.74) is 7.30. The molecule has 0 radical (unpaired) electrons. The van der Waals surface area contributed by atoms with E-state index in [4.69, 9.17) is 10.5 Å². The molecule has 21 heavy (non-hydrogen) atoms. The van der Waals surface area contributed by atoms with Crippen LogP contribution in [0.1, 0.15) is 37.9 Å². The first kappa shape index (κ1) is 14.5. The second-order valence-corrected chi connectivity index (χ2v) is 6.83. The fourth-order valence-electron chi connectivity index (χ4n) is 3.91. The molecule has 1 aromatic rings. The van der Waals surface area contributed by atoms with Crippen LogP contribution in [0.2, 0.25) is 0 Å². The highest BCUT2D eigenvalue weighted by molar-refractivity contribution is 5.89. The molecular formula is C15H24N4O2. The number of carbonyl (C=O) groups excluding carboxylic acids is 1. The van der Waals surface area contributed by atoms with Crippen molar-refractivity contribution in [2.24, 2.45) is 17.1 Å². The highest BCUT2D eigenvalue weighted by Crippen LogP contribution is 2.57. The maximum Gasteiger partial charge on any atom is 0.241 e. The van der Waals surface area contributed by atoms with E-state index in [-0.39, 0.29) is 23.3 Å². The average molecular weight is 292 g/mol. The molecule has 0 spiro atoms. The third-order valence-corrected chi connectivity index (χ3v) is 5.43. The maximum absolute atomic E-state index is 12.7. The molecule has 1 saturated carbocycles. The van der Waals surface area contributed by atoms with Gasteiger partial charge in [0.2, 0.25) is 5.91 Å². The van der Waals surface area contributed by atoms with Crippen molar-refractivity contribution in [1.82, 2.24) is 15.5 Å². The van der Waals surface area contributed by atoms with Crippen molar-refractivity contribution in [3.63, 3.8) is 0 Å². The van der Waals surface area contributed by atoms with Crippen molar-refractivity contribution in [2.45, 2.75) is 51.8 Å². The van der Waals surface area contributed by atoms with Gasteiger partial charge in [-0.3, -0.25) is 9.89 Å². The lowest BCUT2D eigenvalue weighted by molar-refractivity contribution is -0.225. The van der Waals surface area contributed by atoms with Gasteiger partial charge in [0.05, 0.1) is 12.3 Å². The van der Waals surface area contributed by atoms with Crippen molar-refractivity contribution in [2.75, 3.05) is 6.61 Å². The number of nitrogens with two attached hydrogens (primary N) is 1. The first-order valence-corrected chi connectivity index (χ1v) is 7.56. The fourth-order valence-corrected chi connectivity index (χ4v) is 3.91. The number of hydrogen-bond donors (Lipinski definition) is 3. The summed E-state index contributed by atoms with van der Waals surface area (Å²) in [4.78, 5) is 12.7. The fraction of sp³-hybridized carbons (Fsp3) is 0.733. The number of aryl methyl sites for hydroxylation is 1. The Hall–Kier alpha value is -1.40. The van der Waals surface area contributed by atoms with Gasteiger partial charge in [-0.2, -0.15) is 5.10 Å². The van der Waals surface area contributed by atoms with Crippen LogP contribution in [0.15, 0.2) is 6.20 Å². The quantitative estimate of drug-likeness (QED) is 0.770. The Morgan fingerprint density at radius 2 is 2.38 bits per heavy atom. The number of nitrogens with zero attached hydrogens (tertiary/aromatic N) is 1. The molecule has 2 aliphatic rings. The van der Waals surface area contributed by atoms with Gasteiger partial charge in [-0.25, -0.2) is 0 Å². The van der Waals surface area contributed by atoms with Gasteiger partial charge in [-0.15, -0.1) is 0 Å². The minimum Gasteiger partial charge on any atom is -0.377 e. The van der Waals surface area contributed by atoms with Crippen molar-refractivity contribution in [3.8, 4) is 0 Å². The van der Waals surface area contributed by atoms with Crippen LogP contribution in [0, 0.1) is 18.3 Å². The van der Waals surface area contributed by atoms with Gasteiger partial charge in [-0.1, -0.05) is 13.8 Å². The second-order valence-electron chi connectivity index (χ2n) is 6.83. The highest BCUT2D eigenvalue weighted by Gasteiger charge is 2.70. The lowest BCUT2D eigenvalue weighted by Crippen LogP contribution is -2.82. The summed E-state index contributed by atoms with van der Waals surface area (Å²) >= 11 is 0. The van der Waals surface area contributed by atoms with Crippen molar-refractivity contribution in [3.05, 3.63) is 17.5 Å². The summed E-state index contributed by atoms with van der Waals surface area (Å²) in [6, 6.07) is 0. The number of amides is 1. The number of rotatable bonds is 3. The Bertz CT molecular complexity index is 554. The normalized spacial score (nSPS) is 33.9. The molecule has 1 aromatic heterocycles. The van der Waals surface area contributed by atoms with Crippen LogP contribution in [-0.2, 0) is 16.1 Å². The van der Waals surface area contributed by atoms with Gasteiger partial charge in [0.25, 0.3) is 0 Å². The van der Waals surface area contributed by atoms with Crippen LogP contribution >= 0.6 is 0 Å². The molecule has 6 nitrogen and oxygen atoms in total. The number of H-pyrrole nitrogens is 1. The first-order chi connectivity index (χ1) is 9.89. The van der Waals surface area contributed by atoms with Gasteiger partial charge in [0.1, 0.15) is 5.54 Å². The third kappa shape index (κ3) is 1.92. The predicted molar refractivity (Wildman–Crippen MR) is 78.3 cm³/mol. The Balaban J connectivity index is 1.72. The second kappa shape index (κ2) is 4.81. The molecular weight excluding hydrogens is 268 g/mol. The number of ether oxygens (including phenoxy) is 1. The van der Waals surface area contributed by atoms with E-state index < -0.39 is 5.54 Å². The van der Waals surface area contributed by atoms with E-state index in [0.717, 1.165) is 30.7 Å². The monoisotopic (exact) mass is 292 g/mol. The lowest BCUT2D eigenvalue weighted by atomic mass is 9.46. The van der Waals surface area contributed by atoms with E-state index >= 15 is 0 Å². The predicted octanol–water partition coefficient (Wildman–Crippen LogP) is 0.867. The van der Waals surface area contributed by atoms with Crippen LogP contribution in [0.3, 0.4) is 0 Å². The molecule has 0 bridgehead atoms. The van der Waals surface area contributed by atoms with Gasteiger partial charge >= 0.3 is 0 Å². The summed E-state index contributed by atoms with van der Waals surface area (Å²) < 4.78 is 5.83. The third-order valence-electron chi connectivity index (χ3n) is 5.43. The van der Waals surface area contributed by atoms with E-state index in [1.54, 1.807) is 6.20 Å². The highest BCUT2D eigenvalue weighted by atomic mass is 16.5. The standard InChI is InChI=1S/C15H24N4O2/c1-9-10(8-18-19-9)7-17-13(20)15(16)11-5-4-6-21-12(11)14(15,2)3/h8,11-12H,4-7,16H2,1-3H3,(H,17,20)(H,18,19). The summed E-state index contributed by atoms with van der Waals surface area (Å²) in [5.74, 6) is 0.0338. The summed E-state index contributed by atoms with van der Waals surface area (Å²) in [5, 5.41) is 9.81. The van der Waals surface area contributed by atoms with Crippen LogP contribution in [0.5, 0.6) is 0 Å². The first-order valence-electron chi connectivity index (χ1n) is 7.56. The zero-order valence-electron chi connectivity index (χ0n) is 12.9. The molecule has 6 heteroatoms. The molecule has 0 aromatic carbocycles. The molecule has 1 aliphatic heterocycles. The Morgan fingerprint density at radius 3 is 3.05 bits per heavy atom. The van der Waals surface area contributed by atoms with Crippen molar-refractivity contribution >= 4 is 5.91 Å². The van der Waals surface area contributed by atoms with Gasteiger partial charge < -0.3 is 15.8 Å². The largest absolute Gasteiger partial charge is 0.377 e. The Kier molecular flexibility index (Phi) is 3.33. The van der Waals surface area contributed by atoms with Crippen molar-refractivity contribution < 1.29 is 9.53 Å². The molecule has 1 aliphatic carbocycles. The van der Waals surface area contributed by atoms with Crippen LogP contribution in [0.25, 0.3) is 0 Å². The minimum absolute atomic E-state index is 0.0835. The summed E-state index contributed by atoms with van der Waals surface area (Å²) in [6.45, 7) is 7.22. The van der Waals surface area contributed by atoms with Gasteiger partial charge in [-0.05, 0) is 19.8 Å². The molecule has 1 amide bonds. The molecule has 3 rings (SSSR count). The number of aromatic amines is 1. The van der Waals surface area contributed by atoms with Gasteiger partial charge in [0.15, 0.2) is 0 Å². The summed E-state index contributed by atoms with van der Waals surface area (Å²) in [7, 11) is 0. The lowest BCUT2D eigenvalue weighted by Gasteiger charge is -2.65. The Morgan fingerprint density at radius 1 is 1.62 bits per heavy atom. The van der Waals surface area contributed by atoms with E-state index in [1.165, 1.54) is 0 Å². The zero-order valence-corrected chi connectivity index (χ0v) is 12.9. The SMILES string of the molecule is Cc1[nH]ncc1CNC(=O)C1(N)C2CCCOC2C1(C)C. The molecule has 4 N–H and O–H groups in total. The van der Waals surface area contributed by atoms with E-state index in [2.05, 4.69) is 15.5 Å². The van der Waals surface area contributed by atoms with E-state index in [9.17, 15) is 4.79 Å². The number of nitrogens with one attached hydrogen (secondary N) is 2. The smallest absolute Gasteiger partial charge is 0.241 e. The zero-order chi connectivity index (χ0) is 15.3. The molecule has 2 heterocycles. The number of aromatic nitrogens is 2. The number of hydrogen-bond acceptors (Lipinski definition) is 4. The number of fused-ring (bicyclic) bond motifs is 1. The topological polar surface area (TPSA) is 93.0 Å². The van der Waals surface area contributed by atoms with Crippen LogP contribution in [-0.4, -0.2) is 34.4 Å². The molecule has 3 atom stereocenters.